The van der Waals surface area contributed by atoms with Crippen molar-refractivity contribution in [2.24, 2.45) is 0 Å². The molecule has 198 valence electrons. The highest BCUT2D eigenvalue weighted by Gasteiger charge is 2.23. The van der Waals surface area contributed by atoms with Gasteiger partial charge in [0.15, 0.2) is 11.6 Å². The van der Waals surface area contributed by atoms with Crippen molar-refractivity contribution in [3.05, 3.63) is 58.2 Å². The molecule has 0 spiro atoms. The lowest BCUT2D eigenvalue weighted by Crippen LogP contribution is -2.42. The van der Waals surface area contributed by atoms with Crippen molar-refractivity contribution < 1.29 is 13.9 Å². The monoisotopic (exact) mass is 568 g/mol. The first-order valence-electron chi connectivity index (χ1n) is 11.9. The van der Waals surface area contributed by atoms with Gasteiger partial charge in [0.25, 0.3) is 0 Å². The fourth-order valence-electron chi connectivity index (χ4n) is 4.35. The van der Waals surface area contributed by atoms with Crippen LogP contribution in [0.25, 0.3) is 11.1 Å². The number of aromatic nitrogens is 3. The minimum atomic E-state index is -0.667. The number of ether oxygens (including phenoxy) is 1. The van der Waals surface area contributed by atoms with Crippen LogP contribution in [-0.4, -0.2) is 57.6 Å². The fraction of sp³-hybridized carbons (Fsp3) is 0.400. The number of nitrogen functional groups attached to an aromatic ring is 1. The molecule has 3 N–H and O–H groups in total. The number of alkyl halides is 1. The first-order chi connectivity index (χ1) is 17.8. The second-order valence-corrected chi connectivity index (χ2v) is 10.0. The number of carbonyl (C=O) groups is 1. The molecule has 3 aromatic rings. The van der Waals surface area contributed by atoms with E-state index in [1.54, 1.807) is 25.4 Å². The lowest BCUT2D eigenvalue weighted by molar-refractivity contribution is -0.122. The van der Waals surface area contributed by atoms with E-state index in [0.717, 1.165) is 37.1 Å². The van der Waals surface area contributed by atoms with E-state index in [-0.39, 0.29) is 22.8 Å². The summed E-state index contributed by atoms with van der Waals surface area (Å²) in [5.74, 6) is 0.334. The molecule has 4 rings (SSSR count). The van der Waals surface area contributed by atoms with E-state index in [2.05, 4.69) is 20.3 Å². The van der Waals surface area contributed by atoms with Gasteiger partial charge < -0.3 is 15.8 Å². The summed E-state index contributed by atoms with van der Waals surface area (Å²) in [7, 11) is 0. The van der Waals surface area contributed by atoms with E-state index >= 15 is 0 Å². The zero-order valence-electron chi connectivity index (χ0n) is 20.3. The van der Waals surface area contributed by atoms with E-state index in [0.29, 0.717) is 35.3 Å². The Labute approximate surface area is 229 Å². The number of piperidine rings is 1. The second-order valence-electron chi connectivity index (χ2n) is 8.88. The van der Waals surface area contributed by atoms with Crippen molar-refractivity contribution in [1.82, 2.24) is 25.0 Å². The number of likely N-dealkylation sites (tertiary alicyclic amines) is 1. The Morgan fingerprint density at radius 2 is 2.03 bits per heavy atom. The molecule has 1 amide bonds. The molecule has 1 aromatic carbocycles. The molecule has 12 heteroatoms. The summed E-state index contributed by atoms with van der Waals surface area (Å²) < 4.78 is 21.9. The number of hydrogen-bond acceptors (Lipinski definition) is 6. The Bertz CT molecular complexity index is 1250. The molecule has 1 fully saturated rings. The van der Waals surface area contributed by atoms with Crippen LogP contribution in [0, 0.1) is 5.82 Å². The van der Waals surface area contributed by atoms with E-state index in [4.69, 9.17) is 45.3 Å². The van der Waals surface area contributed by atoms with Crippen molar-refractivity contribution in [3.8, 4) is 16.9 Å². The lowest BCUT2D eigenvalue weighted by Gasteiger charge is -2.31. The lowest BCUT2D eigenvalue weighted by atomic mass is 10.1. The predicted molar refractivity (Wildman–Crippen MR) is 144 cm³/mol. The van der Waals surface area contributed by atoms with Crippen LogP contribution in [0.5, 0.6) is 5.75 Å². The van der Waals surface area contributed by atoms with Crippen molar-refractivity contribution in [2.75, 3.05) is 37.8 Å². The smallest absolute Gasteiger partial charge is 0.234 e. The highest BCUT2D eigenvalue weighted by Crippen LogP contribution is 2.37. The second kappa shape index (κ2) is 12.3. The Balaban J connectivity index is 1.42. The number of halogens is 4. The topological polar surface area (TPSA) is 98.3 Å². The van der Waals surface area contributed by atoms with Crippen molar-refractivity contribution in [2.45, 2.75) is 31.9 Å². The van der Waals surface area contributed by atoms with Gasteiger partial charge in [0, 0.05) is 59.6 Å². The number of nitrogens with one attached hydrogen (secondary N) is 1. The summed E-state index contributed by atoms with van der Waals surface area (Å²) in [6.07, 6.45) is 6.48. The molecule has 0 saturated carbocycles. The van der Waals surface area contributed by atoms with Gasteiger partial charge in [-0.05, 0) is 38.0 Å². The highest BCUT2D eigenvalue weighted by molar-refractivity contribution is 6.36. The number of pyridine rings is 1. The quantitative estimate of drug-likeness (QED) is 0.275. The van der Waals surface area contributed by atoms with Gasteiger partial charge in [-0.3, -0.25) is 14.4 Å². The minimum absolute atomic E-state index is 0.00870. The molecule has 3 heterocycles. The van der Waals surface area contributed by atoms with Gasteiger partial charge in [0.05, 0.1) is 23.8 Å². The number of anilines is 1. The summed E-state index contributed by atoms with van der Waals surface area (Å²) in [6, 6.07) is 4.64. The SMILES string of the molecule is CC(Oc1cc(-c2cnn(C3CCN(CC(=O)NCCCl)CC3)c2)cnc1N)c1c(Cl)ccc(F)c1Cl. The van der Waals surface area contributed by atoms with Crippen LogP contribution in [0.3, 0.4) is 0 Å². The van der Waals surface area contributed by atoms with Crippen LogP contribution in [0.2, 0.25) is 10.0 Å². The van der Waals surface area contributed by atoms with Crippen LogP contribution in [0.15, 0.2) is 36.8 Å². The fourth-order valence-corrected chi connectivity index (χ4v) is 5.12. The Morgan fingerprint density at radius 3 is 2.76 bits per heavy atom. The van der Waals surface area contributed by atoms with E-state index < -0.39 is 11.9 Å². The van der Waals surface area contributed by atoms with Crippen LogP contribution >= 0.6 is 34.8 Å². The summed E-state index contributed by atoms with van der Waals surface area (Å²) in [5.41, 5.74) is 8.02. The van der Waals surface area contributed by atoms with Gasteiger partial charge in [-0.2, -0.15) is 5.10 Å². The maximum Gasteiger partial charge on any atom is 0.234 e. The molecule has 37 heavy (non-hydrogen) atoms. The predicted octanol–water partition coefficient (Wildman–Crippen LogP) is 5.11. The molecule has 0 aliphatic carbocycles. The van der Waals surface area contributed by atoms with Gasteiger partial charge in [0.2, 0.25) is 5.91 Å². The van der Waals surface area contributed by atoms with Crippen LogP contribution < -0.4 is 15.8 Å². The number of carbonyl (C=O) groups excluding carboxylic acids is 1. The number of nitrogens with zero attached hydrogens (tertiary/aromatic N) is 4. The Hall–Kier alpha value is -2.59. The summed E-state index contributed by atoms with van der Waals surface area (Å²) in [4.78, 5) is 18.3. The third kappa shape index (κ3) is 6.65. The summed E-state index contributed by atoms with van der Waals surface area (Å²) in [5, 5.41) is 7.56. The Morgan fingerprint density at radius 1 is 1.27 bits per heavy atom. The summed E-state index contributed by atoms with van der Waals surface area (Å²) >= 11 is 18.0. The molecule has 1 aliphatic rings. The molecule has 2 aromatic heterocycles. The van der Waals surface area contributed by atoms with E-state index in [1.807, 2.05) is 10.9 Å². The number of rotatable bonds is 9. The molecular weight excluding hydrogens is 542 g/mol. The maximum atomic E-state index is 14.0. The molecule has 0 radical (unpaired) electrons. The van der Waals surface area contributed by atoms with Gasteiger partial charge in [-0.25, -0.2) is 9.37 Å². The van der Waals surface area contributed by atoms with Crippen LogP contribution in [-0.2, 0) is 4.79 Å². The normalized spacial score (nSPS) is 15.5. The van der Waals surface area contributed by atoms with Crippen LogP contribution in [0.1, 0.15) is 37.5 Å². The number of benzene rings is 1. The van der Waals surface area contributed by atoms with E-state index in [9.17, 15) is 9.18 Å². The van der Waals surface area contributed by atoms with E-state index in [1.165, 1.54) is 12.1 Å². The van der Waals surface area contributed by atoms with Crippen molar-refractivity contribution >= 4 is 46.5 Å². The van der Waals surface area contributed by atoms with Crippen molar-refractivity contribution in [3.63, 3.8) is 0 Å². The average Bonchev–Trinajstić information content (AvgIpc) is 3.37. The zero-order chi connectivity index (χ0) is 26.5. The van der Waals surface area contributed by atoms with Gasteiger partial charge in [0.1, 0.15) is 11.9 Å². The molecule has 0 bridgehead atoms. The average molecular weight is 570 g/mol. The molecule has 8 nitrogen and oxygen atoms in total. The summed E-state index contributed by atoms with van der Waals surface area (Å²) in [6.45, 7) is 4.17. The molecular formula is C25H28Cl3FN6O2. The number of amides is 1. The molecule has 1 aliphatic heterocycles. The third-order valence-electron chi connectivity index (χ3n) is 6.32. The largest absolute Gasteiger partial charge is 0.482 e. The van der Waals surface area contributed by atoms with Gasteiger partial charge in [-0.15, -0.1) is 11.6 Å². The number of hydrogen-bond donors (Lipinski definition) is 2. The maximum absolute atomic E-state index is 14.0. The molecule has 1 atom stereocenters. The highest BCUT2D eigenvalue weighted by atomic mass is 35.5. The third-order valence-corrected chi connectivity index (χ3v) is 7.22. The van der Waals surface area contributed by atoms with Crippen molar-refractivity contribution in [1.29, 1.82) is 0 Å². The zero-order valence-corrected chi connectivity index (χ0v) is 22.5. The minimum Gasteiger partial charge on any atom is -0.482 e. The number of nitrogens with two attached hydrogens (primary N) is 1. The van der Waals surface area contributed by atoms with Crippen LogP contribution in [0.4, 0.5) is 10.2 Å². The molecule has 1 unspecified atom stereocenters. The standard InChI is InChI=1S/C25H28Cl3FN6O2/c1-15(23-19(27)2-3-20(29)24(23)28)37-21-10-16(11-32-25(21)30)17-12-33-35(13-17)18-4-8-34(9-5-18)14-22(36)31-7-6-26/h2-3,10-13,15,18H,4-9,14H2,1H3,(H2,30,32)(H,31,36). The first kappa shape index (κ1) is 27.4. The first-order valence-corrected chi connectivity index (χ1v) is 13.2. The molecule has 1 saturated heterocycles. The Kier molecular flexibility index (Phi) is 9.13. The van der Waals surface area contributed by atoms with Gasteiger partial charge in [-0.1, -0.05) is 23.2 Å². The van der Waals surface area contributed by atoms with Gasteiger partial charge >= 0.3 is 0 Å².